The summed E-state index contributed by atoms with van der Waals surface area (Å²) in [6, 6.07) is 5.59. The van der Waals surface area contributed by atoms with Crippen molar-refractivity contribution < 1.29 is 4.74 Å². The Kier molecular flexibility index (Phi) is 3.96. The van der Waals surface area contributed by atoms with Crippen molar-refractivity contribution >= 4 is 43.4 Å². The standard InChI is InChI=1S/C11H9Br2N3O/c1-17-10-3-2-8(6-14-10)16-11-9(13)4-7(12)5-15-11/h2-6H,1H3,(H,15,16). The fourth-order valence-corrected chi connectivity index (χ4v) is 2.30. The van der Waals surface area contributed by atoms with E-state index in [2.05, 4.69) is 47.1 Å². The molecule has 6 heteroatoms. The second-order valence-corrected chi connectivity index (χ2v) is 4.97. The van der Waals surface area contributed by atoms with E-state index in [1.54, 1.807) is 25.6 Å². The quantitative estimate of drug-likeness (QED) is 0.907. The molecule has 88 valence electrons. The highest BCUT2D eigenvalue weighted by molar-refractivity contribution is 9.11. The molecule has 2 heterocycles. The lowest BCUT2D eigenvalue weighted by atomic mass is 10.4. The molecule has 0 aromatic carbocycles. The number of ether oxygens (including phenoxy) is 1. The fourth-order valence-electron chi connectivity index (χ4n) is 1.22. The molecular formula is C11H9Br2N3O. The van der Waals surface area contributed by atoms with Gasteiger partial charge in [-0.25, -0.2) is 9.97 Å². The number of nitrogens with zero attached hydrogens (tertiary/aromatic N) is 2. The lowest BCUT2D eigenvalue weighted by Crippen LogP contribution is -1.95. The Hall–Kier alpha value is -1.14. The van der Waals surface area contributed by atoms with E-state index in [1.807, 2.05) is 12.1 Å². The maximum Gasteiger partial charge on any atom is 0.213 e. The summed E-state index contributed by atoms with van der Waals surface area (Å²) in [6.07, 6.45) is 3.42. The molecule has 0 aliphatic heterocycles. The van der Waals surface area contributed by atoms with Gasteiger partial charge in [0.2, 0.25) is 5.88 Å². The van der Waals surface area contributed by atoms with Crippen LogP contribution in [0.2, 0.25) is 0 Å². The van der Waals surface area contributed by atoms with Gasteiger partial charge in [-0.05, 0) is 44.0 Å². The molecule has 0 aliphatic carbocycles. The Balaban J connectivity index is 2.19. The molecule has 0 radical (unpaired) electrons. The summed E-state index contributed by atoms with van der Waals surface area (Å²) < 4.78 is 6.79. The van der Waals surface area contributed by atoms with E-state index in [4.69, 9.17) is 4.74 Å². The third kappa shape index (κ3) is 3.17. The molecule has 0 unspecified atom stereocenters. The minimum Gasteiger partial charge on any atom is -0.481 e. The summed E-state index contributed by atoms with van der Waals surface area (Å²) >= 11 is 6.78. The Morgan fingerprint density at radius 3 is 2.59 bits per heavy atom. The van der Waals surface area contributed by atoms with Crippen molar-refractivity contribution in [3.8, 4) is 5.88 Å². The zero-order valence-electron chi connectivity index (χ0n) is 8.95. The smallest absolute Gasteiger partial charge is 0.213 e. The topological polar surface area (TPSA) is 47.0 Å². The van der Waals surface area contributed by atoms with E-state index in [9.17, 15) is 0 Å². The summed E-state index contributed by atoms with van der Waals surface area (Å²) in [4.78, 5) is 8.36. The van der Waals surface area contributed by atoms with Gasteiger partial charge in [-0.2, -0.15) is 0 Å². The van der Waals surface area contributed by atoms with E-state index in [-0.39, 0.29) is 0 Å². The lowest BCUT2D eigenvalue weighted by molar-refractivity contribution is 0.398. The summed E-state index contributed by atoms with van der Waals surface area (Å²) in [6.45, 7) is 0. The molecule has 0 saturated carbocycles. The number of anilines is 2. The number of nitrogens with one attached hydrogen (secondary N) is 1. The van der Waals surface area contributed by atoms with Crippen LogP contribution in [0.5, 0.6) is 5.88 Å². The van der Waals surface area contributed by atoms with Gasteiger partial charge in [-0.1, -0.05) is 0 Å². The molecule has 1 N–H and O–H groups in total. The molecule has 0 spiro atoms. The second-order valence-electron chi connectivity index (χ2n) is 3.20. The molecule has 0 aliphatic rings. The van der Waals surface area contributed by atoms with Crippen LogP contribution in [0, 0.1) is 0 Å². The highest BCUT2D eigenvalue weighted by Gasteiger charge is 2.03. The third-order valence-electron chi connectivity index (χ3n) is 2.02. The van der Waals surface area contributed by atoms with Crippen LogP contribution in [-0.2, 0) is 0 Å². The van der Waals surface area contributed by atoms with E-state index >= 15 is 0 Å². The molecule has 17 heavy (non-hydrogen) atoms. The van der Waals surface area contributed by atoms with Gasteiger partial charge in [0, 0.05) is 16.7 Å². The normalized spacial score (nSPS) is 10.1. The highest BCUT2D eigenvalue weighted by Crippen LogP contribution is 2.26. The number of aromatic nitrogens is 2. The first-order chi connectivity index (χ1) is 8.19. The molecule has 0 amide bonds. The maximum absolute atomic E-state index is 4.99. The molecule has 0 fully saturated rings. The highest BCUT2D eigenvalue weighted by atomic mass is 79.9. The van der Waals surface area contributed by atoms with Crippen molar-refractivity contribution in [2.45, 2.75) is 0 Å². The molecular weight excluding hydrogens is 350 g/mol. The van der Waals surface area contributed by atoms with Crippen molar-refractivity contribution in [3.05, 3.63) is 39.5 Å². The van der Waals surface area contributed by atoms with Crippen LogP contribution in [0.4, 0.5) is 11.5 Å². The van der Waals surface area contributed by atoms with Gasteiger partial charge in [-0.3, -0.25) is 0 Å². The van der Waals surface area contributed by atoms with Crippen LogP contribution in [-0.4, -0.2) is 17.1 Å². The van der Waals surface area contributed by atoms with Crippen LogP contribution < -0.4 is 10.1 Å². The summed E-state index contributed by atoms with van der Waals surface area (Å²) in [7, 11) is 1.59. The first kappa shape index (κ1) is 12.3. The Bertz CT molecular complexity index is 517. The van der Waals surface area contributed by atoms with Crippen LogP contribution in [0.3, 0.4) is 0 Å². The SMILES string of the molecule is COc1ccc(Nc2ncc(Br)cc2Br)cn1. The van der Waals surface area contributed by atoms with Crippen molar-refractivity contribution in [3.63, 3.8) is 0 Å². The number of hydrogen-bond donors (Lipinski definition) is 1. The van der Waals surface area contributed by atoms with Crippen LogP contribution in [0.1, 0.15) is 0 Å². The van der Waals surface area contributed by atoms with E-state index in [0.29, 0.717) is 5.88 Å². The van der Waals surface area contributed by atoms with Gasteiger partial charge < -0.3 is 10.1 Å². The van der Waals surface area contributed by atoms with Gasteiger partial charge in [0.05, 0.1) is 23.5 Å². The maximum atomic E-state index is 4.99. The molecule has 2 aromatic rings. The summed E-state index contributed by atoms with van der Waals surface area (Å²) in [5, 5.41) is 3.15. The van der Waals surface area contributed by atoms with Gasteiger partial charge in [0.1, 0.15) is 5.82 Å². The van der Waals surface area contributed by atoms with Crippen LogP contribution >= 0.6 is 31.9 Å². The van der Waals surface area contributed by atoms with Crippen LogP contribution in [0.15, 0.2) is 39.5 Å². The predicted molar refractivity (Wildman–Crippen MR) is 73.7 cm³/mol. The summed E-state index contributed by atoms with van der Waals surface area (Å²) in [5.74, 6) is 1.32. The van der Waals surface area contributed by atoms with Crippen LogP contribution in [0.25, 0.3) is 0 Å². The number of rotatable bonds is 3. The number of methoxy groups -OCH3 is 1. The van der Waals surface area contributed by atoms with Crippen molar-refractivity contribution in [2.75, 3.05) is 12.4 Å². The van der Waals surface area contributed by atoms with Gasteiger partial charge in [0.25, 0.3) is 0 Å². The zero-order chi connectivity index (χ0) is 12.3. The molecule has 0 bridgehead atoms. The van der Waals surface area contributed by atoms with E-state index in [1.165, 1.54) is 0 Å². The number of pyridine rings is 2. The third-order valence-corrected chi connectivity index (χ3v) is 3.05. The zero-order valence-corrected chi connectivity index (χ0v) is 12.1. The predicted octanol–water partition coefficient (Wildman–Crippen LogP) is 3.75. The van der Waals surface area contributed by atoms with Gasteiger partial charge >= 0.3 is 0 Å². The first-order valence-corrected chi connectivity index (χ1v) is 6.36. The van der Waals surface area contributed by atoms with E-state index < -0.39 is 0 Å². The first-order valence-electron chi connectivity index (χ1n) is 4.77. The lowest BCUT2D eigenvalue weighted by Gasteiger charge is -2.07. The average molecular weight is 359 g/mol. The fraction of sp³-hybridized carbons (Fsp3) is 0.0909. The summed E-state index contributed by atoms with van der Waals surface area (Å²) in [5.41, 5.74) is 0.848. The molecule has 0 saturated heterocycles. The van der Waals surface area contributed by atoms with Crippen molar-refractivity contribution in [1.29, 1.82) is 0 Å². The molecule has 4 nitrogen and oxygen atoms in total. The van der Waals surface area contributed by atoms with Crippen molar-refractivity contribution in [2.24, 2.45) is 0 Å². The number of halogens is 2. The monoisotopic (exact) mass is 357 g/mol. The molecule has 2 aromatic heterocycles. The number of hydrogen-bond acceptors (Lipinski definition) is 4. The largest absolute Gasteiger partial charge is 0.481 e. The van der Waals surface area contributed by atoms with Gasteiger partial charge in [0.15, 0.2) is 0 Å². The Labute approximate surface area is 116 Å². The minimum atomic E-state index is 0.582. The second kappa shape index (κ2) is 5.46. The molecule has 0 atom stereocenters. The Morgan fingerprint density at radius 2 is 2.00 bits per heavy atom. The Morgan fingerprint density at radius 1 is 1.18 bits per heavy atom. The van der Waals surface area contributed by atoms with Gasteiger partial charge in [-0.15, -0.1) is 0 Å². The van der Waals surface area contributed by atoms with Crippen molar-refractivity contribution in [1.82, 2.24) is 9.97 Å². The van der Waals surface area contributed by atoms with E-state index in [0.717, 1.165) is 20.5 Å². The minimum absolute atomic E-state index is 0.582. The average Bonchev–Trinajstić information content (AvgIpc) is 2.34. The molecule has 2 rings (SSSR count).